The Kier molecular flexibility index (Phi) is 23.4. The van der Waals surface area contributed by atoms with Crippen molar-refractivity contribution in [3.63, 3.8) is 0 Å². The summed E-state index contributed by atoms with van der Waals surface area (Å²) in [7, 11) is -5.95. The number of sulfonamides is 2. The molecule has 0 saturated carbocycles. The van der Waals surface area contributed by atoms with Crippen LogP contribution in [-0.4, -0.2) is 109 Å². The molecule has 0 bridgehead atoms. The number of ether oxygens (including phenoxy) is 2. The summed E-state index contributed by atoms with van der Waals surface area (Å²) in [6.45, 7) is 17.0. The van der Waals surface area contributed by atoms with Gasteiger partial charge >= 0.3 is 42.7 Å². The first kappa shape index (κ1) is 66.8. The normalized spacial score (nSPS) is 11.7. The van der Waals surface area contributed by atoms with Crippen LogP contribution in [-0.2, 0) is 48.7 Å². The van der Waals surface area contributed by atoms with E-state index in [-0.39, 0.29) is 77.8 Å². The van der Waals surface area contributed by atoms with E-state index in [1.165, 1.54) is 14.2 Å². The zero-order valence-corrected chi connectivity index (χ0v) is 49.3. The number of carbonyl (C=O) groups is 4. The standard InChI is InChI=1S/C31H36N2O6S.C29H32N2O6S.Li.H2O/c1-9-16-32(22(4)18-29(34)38-7)27-14-15-28(26-13-11-10-12-25(26)27)33(19-30(35)39-8)40(36,37)31-23(5)20(2)17-21(3)24(31)6;1-7-14-30(20(4)16-27(32)33)25-12-13-26(24-11-9-8-10-23(24)25)31(17-28(34)35)38(36,37)29-21(5)18(2)15-19(3)22(29)6;;/h1,10-15,17,22H,16,18-19H2,2-8H3;1,8-13,15,20H,14,16-17H2,2-6H3,(H,32,33)(H,34,35);;1H2/q;;+1;/p-1/t22-;20-;;/m00../s1. The maximum atomic E-state index is 14.4. The monoisotopic (exact) mass is 1120 g/mol. The number of nitrogens with zero attached hydrogens (tertiary/aromatic N) is 4. The number of rotatable bonds is 20. The van der Waals surface area contributed by atoms with E-state index in [1.54, 1.807) is 100 Å². The fourth-order valence-electron chi connectivity index (χ4n) is 9.68. The van der Waals surface area contributed by atoms with E-state index in [9.17, 15) is 46.2 Å². The number of hydrogen-bond acceptors (Lipinski definition) is 13. The number of aryl methyl sites for hydroxylation is 4. The number of carboxylic acids is 2. The molecule has 0 unspecified atom stereocenters. The molecule has 0 aromatic heterocycles. The predicted molar refractivity (Wildman–Crippen MR) is 309 cm³/mol. The smallest absolute Gasteiger partial charge is 0.870 e. The number of benzene rings is 6. The summed E-state index contributed by atoms with van der Waals surface area (Å²) in [6, 6.07) is 24.1. The van der Waals surface area contributed by atoms with E-state index in [0.717, 1.165) is 36.6 Å². The number of methoxy groups -OCH3 is 2. The second-order valence-electron chi connectivity index (χ2n) is 19.2. The van der Waals surface area contributed by atoms with Gasteiger partial charge in [0.15, 0.2) is 0 Å². The number of carbonyl (C=O) groups excluding carboxylic acids is 2. The molecule has 0 spiro atoms. The van der Waals surface area contributed by atoms with Gasteiger partial charge in [-0.25, -0.2) is 16.8 Å². The molecule has 6 aromatic rings. The molecule has 0 saturated heterocycles. The van der Waals surface area contributed by atoms with Gasteiger partial charge in [0.25, 0.3) is 20.0 Å². The van der Waals surface area contributed by atoms with Crippen molar-refractivity contribution in [1.82, 2.24) is 0 Å². The second kappa shape index (κ2) is 28.1. The molecule has 80 heavy (non-hydrogen) atoms. The summed E-state index contributed by atoms with van der Waals surface area (Å²) in [6.07, 6.45) is 11.2. The van der Waals surface area contributed by atoms with E-state index >= 15 is 0 Å². The molecule has 17 nitrogen and oxygen atoms in total. The molecule has 0 aliphatic rings. The summed E-state index contributed by atoms with van der Waals surface area (Å²) in [5.41, 5.74) is 7.50. The molecule has 6 rings (SSSR count). The molecular formula is C60H69LiN4O13S2. The zero-order valence-electron chi connectivity index (χ0n) is 47.7. The Labute approximate surface area is 482 Å². The van der Waals surface area contributed by atoms with Gasteiger partial charge in [-0.3, -0.25) is 27.8 Å². The van der Waals surface area contributed by atoms with Crippen LogP contribution in [0.15, 0.2) is 94.7 Å². The number of fused-ring (bicyclic) bond motifs is 2. The van der Waals surface area contributed by atoms with Crippen LogP contribution >= 0.6 is 0 Å². The van der Waals surface area contributed by atoms with Crippen molar-refractivity contribution in [2.75, 3.05) is 58.8 Å². The number of terminal acetylenes is 2. The predicted octanol–water partition coefficient (Wildman–Crippen LogP) is 6.32. The zero-order chi connectivity index (χ0) is 58.1. The topological polar surface area (TPSA) is 238 Å². The largest absolute Gasteiger partial charge is 1.00 e. The minimum absolute atomic E-state index is 0. The van der Waals surface area contributed by atoms with Crippen LogP contribution in [0.2, 0.25) is 0 Å². The SMILES string of the molecule is C#CCN(c1ccc(N(CC(=O)O)S(=O)(=O)c2c(C)c(C)cc(C)c2C)c2ccccc12)[C@@H](C)CC(=O)O.C#CCN(c1ccc(N(CC(=O)OC)S(=O)(=O)c2c(C)c(C)cc(C)c2C)c2ccccc12)[C@@H](C)CC(=O)OC.[Li+].[OH-]. The Bertz CT molecular complexity index is 3580. The maximum absolute atomic E-state index is 14.4. The molecule has 0 aliphatic carbocycles. The molecule has 3 N–H and O–H groups in total. The van der Waals surface area contributed by atoms with Crippen LogP contribution in [0.4, 0.5) is 22.7 Å². The fraction of sp³-hybridized carbons (Fsp3) is 0.333. The fourth-order valence-corrected chi connectivity index (χ4v) is 13.7. The van der Waals surface area contributed by atoms with E-state index in [2.05, 4.69) is 11.8 Å². The van der Waals surface area contributed by atoms with Gasteiger partial charge in [0.05, 0.1) is 61.3 Å². The van der Waals surface area contributed by atoms with Crippen molar-refractivity contribution in [2.45, 2.75) is 104 Å². The minimum Gasteiger partial charge on any atom is -0.870 e. The van der Waals surface area contributed by atoms with Gasteiger partial charge < -0.3 is 35.0 Å². The summed E-state index contributed by atoms with van der Waals surface area (Å²) in [5, 5.41) is 21.5. The van der Waals surface area contributed by atoms with Crippen molar-refractivity contribution in [3.05, 3.63) is 129 Å². The average Bonchev–Trinajstić information content (AvgIpc) is 3.45. The average molecular weight is 1130 g/mol. The summed E-state index contributed by atoms with van der Waals surface area (Å²) in [4.78, 5) is 51.9. The van der Waals surface area contributed by atoms with Gasteiger partial charge in [-0.1, -0.05) is 72.5 Å². The number of hydrogen-bond donors (Lipinski definition) is 2. The first-order valence-electron chi connectivity index (χ1n) is 24.9. The van der Waals surface area contributed by atoms with Crippen LogP contribution in [0.1, 0.15) is 71.2 Å². The molecule has 420 valence electrons. The molecule has 0 fully saturated rings. The third-order valence-electron chi connectivity index (χ3n) is 14.1. The van der Waals surface area contributed by atoms with Crippen molar-refractivity contribution in [2.24, 2.45) is 0 Å². The number of esters is 2. The Balaban J connectivity index is 0.000000410. The van der Waals surface area contributed by atoms with Crippen LogP contribution < -0.4 is 37.3 Å². The van der Waals surface area contributed by atoms with Crippen LogP contribution in [0.3, 0.4) is 0 Å². The van der Waals surface area contributed by atoms with Crippen molar-refractivity contribution < 1.29 is 80.0 Å². The number of aliphatic carboxylic acids is 2. The first-order chi connectivity index (χ1) is 36.7. The molecule has 0 radical (unpaired) electrons. The number of anilines is 4. The third kappa shape index (κ3) is 14.3. The molecular weight excluding hydrogens is 1060 g/mol. The van der Waals surface area contributed by atoms with Crippen LogP contribution in [0.5, 0.6) is 0 Å². The molecule has 0 heterocycles. The summed E-state index contributed by atoms with van der Waals surface area (Å²) < 4.78 is 68.9. The molecule has 2 atom stereocenters. The van der Waals surface area contributed by atoms with Gasteiger partial charge in [-0.2, -0.15) is 0 Å². The maximum Gasteiger partial charge on any atom is 1.00 e. The van der Waals surface area contributed by atoms with Gasteiger partial charge in [0.1, 0.15) is 13.1 Å². The van der Waals surface area contributed by atoms with Crippen molar-refractivity contribution >= 4 is 88.2 Å². The van der Waals surface area contributed by atoms with Crippen molar-refractivity contribution in [3.8, 4) is 24.7 Å². The number of carboxylic acid groups (broad SMARTS) is 2. The Hall–Kier alpha value is -7.50. The van der Waals surface area contributed by atoms with E-state index in [1.807, 2.05) is 63.8 Å². The van der Waals surface area contributed by atoms with Gasteiger partial charge in [-0.15, -0.1) is 12.8 Å². The minimum atomic E-state index is -4.29. The van der Waals surface area contributed by atoms with E-state index in [0.29, 0.717) is 55.2 Å². The molecule has 20 heteroatoms. The molecule has 0 aliphatic heterocycles. The molecule has 0 amide bonds. The molecule has 6 aromatic carbocycles. The van der Waals surface area contributed by atoms with Gasteiger partial charge in [0.2, 0.25) is 0 Å². The van der Waals surface area contributed by atoms with Crippen molar-refractivity contribution in [1.29, 1.82) is 0 Å². The first-order valence-corrected chi connectivity index (χ1v) is 27.8. The van der Waals surface area contributed by atoms with Gasteiger partial charge in [-0.05, 0) is 138 Å². The van der Waals surface area contributed by atoms with Gasteiger partial charge in [0, 0.05) is 45.0 Å². The third-order valence-corrected chi connectivity index (χ3v) is 18.2. The van der Waals surface area contributed by atoms with Crippen LogP contribution in [0, 0.1) is 80.1 Å². The van der Waals surface area contributed by atoms with E-state index in [4.69, 9.17) is 22.3 Å². The van der Waals surface area contributed by atoms with E-state index < -0.39 is 57.1 Å². The Morgan fingerprint density at radius 3 is 1.14 bits per heavy atom. The Morgan fingerprint density at radius 2 is 0.825 bits per heavy atom. The second-order valence-corrected chi connectivity index (χ2v) is 22.8. The summed E-state index contributed by atoms with van der Waals surface area (Å²) >= 11 is 0. The summed E-state index contributed by atoms with van der Waals surface area (Å²) in [5.74, 6) is 1.87. The van der Waals surface area contributed by atoms with Crippen LogP contribution in [0.25, 0.3) is 21.5 Å². The Morgan fingerprint density at radius 1 is 0.512 bits per heavy atom. The quantitative estimate of drug-likeness (QED) is 0.0484.